The first kappa shape index (κ1) is 22.6. The molecule has 0 saturated heterocycles. The first-order chi connectivity index (χ1) is 17.8. The van der Waals surface area contributed by atoms with Gasteiger partial charge >= 0.3 is 0 Å². The van der Waals surface area contributed by atoms with Crippen molar-refractivity contribution in [3.05, 3.63) is 88.1 Å². The van der Waals surface area contributed by atoms with Gasteiger partial charge in [-0.1, -0.05) is 29.4 Å². The zero-order chi connectivity index (χ0) is 25.8. The highest BCUT2D eigenvalue weighted by Gasteiger charge is 2.28. The predicted molar refractivity (Wildman–Crippen MR) is 136 cm³/mol. The second kappa shape index (κ2) is 8.37. The minimum Gasteiger partial charge on any atom is -0.458 e. The van der Waals surface area contributed by atoms with Crippen molar-refractivity contribution in [2.75, 3.05) is 5.73 Å². The summed E-state index contributed by atoms with van der Waals surface area (Å²) in [5, 5.41) is 9.82. The highest BCUT2D eigenvalue weighted by atomic mass is 19.1. The fourth-order valence-corrected chi connectivity index (χ4v) is 4.74. The molecule has 6 aromatic rings. The van der Waals surface area contributed by atoms with Crippen LogP contribution < -0.4 is 11.2 Å². The molecule has 0 radical (unpaired) electrons. The van der Waals surface area contributed by atoms with Crippen molar-refractivity contribution in [3.63, 3.8) is 0 Å². The topological polar surface area (TPSA) is 126 Å². The lowest BCUT2D eigenvalue weighted by atomic mass is 9.99. The summed E-state index contributed by atoms with van der Waals surface area (Å²) in [6.45, 7) is 5.43. The molecule has 2 N–H and O–H groups in total. The van der Waals surface area contributed by atoms with Gasteiger partial charge in [0.25, 0.3) is 0 Å². The van der Waals surface area contributed by atoms with E-state index in [1.54, 1.807) is 48.0 Å². The molecule has 0 bridgehead atoms. The summed E-state index contributed by atoms with van der Waals surface area (Å²) in [7, 11) is 0. The fourth-order valence-electron chi connectivity index (χ4n) is 4.74. The number of nitrogens with two attached hydrogens (primary N) is 1. The number of halogens is 1. The van der Waals surface area contributed by atoms with Crippen LogP contribution in [0, 0.1) is 19.7 Å². The number of aryl methyl sites for hydroxylation is 2. The summed E-state index contributed by atoms with van der Waals surface area (Å²) in [5.41, 5.74) is 9.33. The second-order valence-corrected chi connectivity index (χ2v) is 8.80. The van der Waals surface area contributed by atoms with Crippen molar-refractivity contribution in [1.82, 2.24) is 24.9 Å². The lowest BCUT2D eigenvalue weighted by Crippen LogP contribution is -2.16. The molecule has 0 aliphatic heterocycles. The Morgan fingerprint density at radius 3 is 2.62 bits per heavy atom. The number of aromatic nitrogens is 5. The predicted octanol–water partition coefficient (Wildman–Crippen LogP) is 5.20. The standard InChI is InChI=1S/C27H21FN6O3/c1-13-20(15(3)37-33-13)23-22-26(29)30-12-31-27(22)34(32-23)14(2)25-21(16-7-6-8-17(28)11-16)24(35)18-9-4-5-10-19(18)36-25/h4-12,14H,1-3H3,(H2,29,30,31). The van der Waals surface area contributed by atoms with Crippen molar-refractivity contribution in [3.8, 4) is 22.4 Å². The van der Waals surface area contributed by atoms with Crippen LogP contribution in [-0.4, -0.2) is 24.9 Å². The maximum atomic E-state index is 14.2. The van der Waals surface area contributed by atoms with Gasteiger partial charge < -0.3 is 14.7 Å². The first-order valence-corrected chi connectivity index (χ1v) is 11.6. The van der Waals surface area contributed by atoms with Gasteiger partial charge in [0.15, 0.2) is 5.65 Å². The largest absolute Gasteiger partial charge is 0.458 e. The monoisotopic (exact) mass is 496 g/mol. The highest BCUT2D eigenvalue weighted by Crippen LogP contribution is 2.38. The third-order valence-corrected chi connectivity index (χ3v) is 6.47. The minimum atomic E-state index is -0.637. The van der Waals surface area contributed by atoms with Crippen LogP contribution in [0.1, 0.15) is 30.2 Å². The van der Waals surface area contributed by atoms with Gasteiger partial charge in [0.05, 0.1) is 27.6 Å². The van der Waals surface area contributed by atoms with Gasteiger partial charge in [-0.05, 0) is 50.6 Å². The van der Waals surface area contributed by atoms with Gasteiger partial charge in [-0.3, -0.25) is 4.79 Å². The first-order valence-electron chi connectivity index (χ1n) is 11.6. The Kier molecular flexibility index (Phi) is 5.11. The summed E-state index contributed by atoms with van der Waals surface area (Å²) in [4.78, 5) is 22.3. The van der Waals surface area contributed by atoms with Gasteiger partial charge in [0, 0.05) is 0 Å². The number of anilines is 1. The van der Waals surface area contributed by atoms with Gasteiger partial charge in [0.1, 0.15) is 46.8 Å². The van der Waals surface area contributed by atoms with E-state index in [-0.39, 0.29) is 16.8 Å². The smallest absolute Gasteiger partial charge is 0.200 e. The molecule has 9 nitrogen and oxygen atoms in total. The summed E-state index contributed by atoms with van der Waals surface area (Å²) in [6, 6.07) is 12.2. The van der Waals surface area contributed by atoms with E-state index >= 15 is 0 Å². The Labute approximate surface area is 209 Å². The maximum Gasteiger partial charge on any atom is 0.200 e. The molecule has 0 aliphatic rings. The van der Waals surface area contributed by atoms with Crippen LogP contribution in [0.2, 0.25) is 0 Å². The molecule has 0 amide bonds. The average molecular weight is 497 g/mol. The Morgan fingerprint density at radius 1 is 1.05 bits per heavy atom. The van der Waals surface area contributed by atoms with Crippen molar-refractivity contribution in [2.45, 2.75) is 26.8 Å². The Bertz CT molecular complexity index is 1870. The second-order valence-electron chi connectivity index (χ2n) is 8.80. The summed E-state index contributed by atoms with van der Waals surface area (Å²) in [6.07, 6.45) is 1.35. The average Bonchev–Trinajstić information content (AvgIpc) is 3.43. The number of rotatable bonds is 4. The number of nitrogens with zero attached hydrogens (tertiary/aromatic N) is 5. The summed E-state index contributed by atoms with van der Waals surface area (Å²) < 4.78 is 27.6. The van der Waals surface area contributed by atoms with E-state index in [0.717, 1.165) is 0 Å². The van der Waals surface area contributed by atoms with Crippen LogP contribution >= 0.6 is 0 Å². The molecule has 4 aromatic heterocycles. The lowest BCUT2D eigenvalue weighted by molar-refractivity contribution is 0.393. The van der Waals surface area contributed by atoms with Crippen LogP contribution in [0.5, 0.6) is 0 Å². The number of para-hydroxylation sites is 1. The van der Waals surface area contributed by atoms with E-state index < -0.39 is 11.9 Å². The van der Waals surface area contributed by atoms with Gasteiger partial charge in [-0.15, -0.1) is 0 Å². The lowest BCUT2D eigenvalue weighted by Gasteiger charge is -2.17. The maximum absolute atomic E-state index is 14.2. The summed E-state index contributed by atoms with van der Waals surface area (Å²) >= 11 is 0. The number of hydrogen-bond acceptors (Lipinski definition) is 8. The van der Waals surface area contributed by atoms with Crippen LogP contribution in [0.15, 0.2) is 68.6 Å². The van der Waals surface area contributed by atoms with Gasteiger partial charge in [0.2, 0.25) is 5.43 Å². The van der Waals surface area contributed by atoms with Crippen LogP contribution in [0.3, 0.4) is 0 Å². The number of fused-ring (bicyclic) bond motifs is 2. The molecule has 4 heterocycles. The van der Waals surface area contributed by atoms with Crippen molar-refractivity contribution in [1.29, 1.82) is 0 Å². The molecular formula is C27H21FN6O3. The number of nitrogen functional groups attached to an aromatic ring is 1. The van der Waals surface area contributed by atoms with Crippen LogP contribution in [0.25, 0.3) is 44.4 Å². The zero-order valence-electron chi connectivity index (χ0n) is 20.2. The number of hydrogen-bond donors (Lipinski definition) is 1. The highest BCUT2D eigenvalue weighted by molar-refractivity contribution is 5.99. The summed E-state index contributed by atoms with van der Waals surface area (Å²) in [5.74, 6) is 0.650. The van der Waals surface area contributed by atoms with Gasteiger partial charge in [-0.25, -0.2) is 19.0 Å². The molecule has 37 heavy (non-hydrogen) atoms. The molecular weight excluding hydrogens is 475 g/mol. The molecule has 184 valence electrons. The van der Waals surface area contributed by atoms with E-state index in [1.165, 1.54) is 18.5 Å². The Morgan fingerprint density at radius 2 is 1.86 bits per heavy atom. The molecule has 0 spiro atoms. The molecule has 2 aromatic carbocycles. The number of benzene rings is 2. The third kappa shape index (κ3) is 3.48. The van der Waals surface area contributed by atoms with Crippen LogP contribution in [-0.2, 0) is 0 Å². The quantitative estimate of drug-likeness (QED) is 0.353. The molecule has 10 heteroatoms. The van der Waals surface area contributed by atoms with Gasteiger partial charge in [-0.2, -0.15) is 5.10 Å². The molecule has 0 saturated carbocycles. The van der Waals surface area contributed by atoms with E-state index in [9.17, 15) is 9.18 Å². The molecule has 0 fully saturated rings. The molecule has 1 atom stereocenters. The normalized spacial score (nSPS) is 12.4. The van der Waals surface area contributed by atoms with E-state index in [4.69, 9.17) is 19.8 Å². The molecule has 1 unspecified atom stereocenters. The van der Waals surface area contributed by atoms with E-state index in [0.29, 0.717) is 56.0 Å². The Balaban J connectivity index is 1.67. The van der Waals surface area contributed by atoms with Crippen molar-refractivity contribution >= 4 is 27.8 Å². The minimum absolute atomic E-state index is 0.240. The van der Waals surface area contributed by atoms with Crippen molar-refractivity contribution < 1.29 is 13.3 Å². The SMILES string of the molecule is Cc1noc(C)c1-c1nn(C(C)c2oc3ccccc3c(=O)c2-c2cccc(F)c2)c2ncnc(N)c12. The molecule has 6 rings (SSSR count). The Hall–Kier alpha value is -4.86. The zero-order valence-corrected chi connectivity index (χ0v) is 20.2. The van der Waals surface area contributed by atoms with E-state index in [2.05, 4.69) is 15.1 Å². The molecule has 0 aliphatic carbocycles. The van der Waals surface area contributed by atoms with E-state index in [1.807, 2.05) is 13.8 Å². The fraction of sp³-hybridized carbons (Fsp3) is 0.148. The van der Waals surface area contributed by atoms with Crippen molar-refractivity contribution in [2.24, 2.45) is 0 Å². The van der Waals surface area contributed by atoms with Crippen LogP contribution in [0.4, 0.5) is 10.2 Å². The third-order valence-electron chi connectivity index (χ3n) is 6.47.